The van der Waals surface area contributed by atoms with E-state index in [0.717, 1.165) is 75.4 Å². The van der Waals surface area contributed by atoms with E-state index in [-0.39, 0.29) is 109 Å². The number of nitrogens with one attached hydrogen (secondary N) is 4. The van der Waals surface area contributed by atoms with E-state index in [2.05, 4.69) is 31.6 Å². The number of carbonyl (C=O) groups is 9. The third-order valence-electron chi connectivity index (χ3n) is 21.2. The summed E-state index contributed by atoms with van der Waals surface area (Å²) < 4.78 is 37.2. The third kappa shape index (κ3) is 16.3. The van der Waals surface area contributed by atoms with Gasteiger partial charge in [0.25, 0.3) is 11.8 Å². The number of ether oxygens (including phenoxy) is 6. The number of fused-ring (bicyclic) bond motifs is 9. The maximum absolute atomic E-state index is 14.5. The van der Waals surface area contributed by atoms with Crippen LogP contribution < -0.4 is 54.8 Å². The molecule has 0 bridgehead atoms. The van der Waals surface area contributed by atoms with Crippen LogP contribution >= 0.6 is 0 Å². The Hall–Kier alpha value is -11.6. The Balaban J connectivity index is 0.569. The van der Waals surface area contributed by atoms with E-state index < -0.39 is 73.1 Å². The number of rotatable bonds is 27. The molecule has 0 radical (unpaired) electrons. The molecule has 1 aromatic heterocycles. The van der Waals surface area contributed by atoms with E-state index in [4.69, 9.17) is 28.4 Å². The number of ketones is 1. The number of nitrogens with zero attached hydrogens (tertiary/aromatic N) is 7. The van der Waals surface area contributed by atoms with Crippen molar-refractivity contribution in [1.29, 1.82) is 0 Å². The summed E-state index contributed by atoms with van der Waals surface area (Å²) in [4.78, 5) is 130. The molecule has 5 atom stereocenters. The molecule has 2 fully saturated rings. The van der Waals surface area contributed by atoms with Gasteiger partial charge in [-0.15, -0.1) is 5.10 Å². The summed E-state index contributed by atoms with van der Waals surface area (Å²) in [5.41, 5.74) is 9.34. The number of aromatic nitrogens is 3. The number of aliphatic hydroxyl groups excluding tert-OH is 1. The Kier molecular flexibility index (Phi) is 22.5. The van der Waals surface area contributed by atoms with E-state index in [0.29, 0.717) is 65.4 Å². The Bertz CT molecular complexity index is 4700. The Morgan fingerprint density at radius 3 is 2.04 bits per heavy atom. The number of benzene rings is 6. The van der Waals surface area contributed by atoms with Crippen LogP contribution in [0, 0.1) is 11.3 Å². The van der Waals surface area contributed by atoms with Crippen molar-refractivity contribution < 1.29 is 76.7 Å². The Morgan fingerprint density at radius 2 is 1.34 bits per heavy atom. The monoisotopic (exact) mass is 1490 g/mol. The number of para-hydroxylation sites is 1. The van der Waals surface area contributed by atoms with Crippen LogP contribution in [0.15, 0.2) is 128 Å². The second kappa shape index (κ2) is 32.5. The first-order valence-corrected chi connectivity index (χ1v) is 37.0. The molecular formula is C82H91N11O16. The minimum Gasteiger partial charge on any atom is -0.497 e. The summed E-state index contributed by atoms with van der Waals surface area (Å²) >= 11 is 0. The maximum atomic E-state index is 14.5. The molecule has 1 unspecified atom stereocenters. The normalized spacial score (nSPS) is 17.6. The first-order valence-electron chi connectivity index (χ1n) is 37.0. The predicted octanol–water partition coefficient (Wildman–Crippen LogP) is 9.05. The number of aliphatic hydroxyl groups is 1. The second-order valence-electron chi connectivity index (χ2n) is 29.3. The predicted molar refractivity (Wildman–Crippen MR) is 402 cm³/mol. The number of aryl methyl sites for hydroxylation is 1. The lowest BCUT2D eigenvalue weighted by atomic mass is 9.95. The molecule has 5 N–H and O–H groups in total. The summed E-state index contributed by atoms with van der Waals surface area (Å²) in [5.74, 6) is -2.02. The standard InChI is InChI=1S/C82H91N11O16/c1-47(2)74(86-72(97)42-84-71(96)41-83-70(95)28-29-73(98)90-43-54-14-9-10-15-58(54)75-76(93(48(3)4)88-87-75)59-16-11-12-17-62(59)90)77(99)85-49(5)65(94)34-50-18-20-51(21-19-50)45-109-81(103)92-63-39-69(67(106-8)38-61(63)79(101)91-46-82(30-31-82)40-64(91)80(92)102)108-33-13-32-107-68-36-53-22-25-56-35-55(52-23-26-57(104-6)27-24-52)44-89(56)78(100)60(53)37-66(68)105-7/h9-12,14-21,23-24,26-27,36-39,44,47-49,56,64,74,80,102H,13,22,25,28-35,40-43,45-46H2,1-8H3,(H,83,95)(H,84,96)(H,85,99)(H,86,97)/t49-,56+,64-,74-,80?/m0/s1. The molecule has 8 amide bonds. The second-order valence-corrected chi connectivity index (χ2v) is 29.3. The van der Waals surface area contributed by atoms with Gasteiger partial charge in [0.15, 0.2) is 35.0 Å². The quantitative estimate of drug-likeness (QED) is 0.0300. The Labute approximate surface area is 631 Å². The van der Waals surface area contributed by atoms with Crippen LogP contribution in [-0.4, -0.2) is 168 Å². The topological polar surface area (TPSA) is 321 Å². The SMILES string of the molecule is COc1ccc(C2=CN3C(=O)c4cc(OC)c(OCCCOc5cc6c(cc5OC)C(=O)N5CC7(CC7)C[C@H]5C(O)N6C(=O)OCc5ccc(CC(=O)[C@H](C)NC(=O)[C@@H](NC(=O)CNC(=O)CNC(=O)CCC(=O)N6Cc7ccccc7-c7nnn(C(C)C)c7-c7ccccc76)C(C)C)cc5)cc4CC[C@@H]3C2)cc1. The van der Waals surface area contributed by atoms with Crippen molar-refractivity contribution in [3.8, 4) is 51.3 Å². The van der Waals surface area contributed by atoms with Crippen molar-refractivity contribution in [3.05, 3.63) is 166 Å². The van der Waals surface area contributed by atoms with Gasteiger partial charge in [-0.3, -0.25) is 38.4 Å². The van der Waals surface area contributed by atoms with E-state index in [1.807, 2.05) is 108 Å². The highest BCUT2D eigenvalue weighted by atomic mass is 16.6. The summed E-state index contributed by atoms with van der Waals surface area (Å²) in [5, 5.41) is 31.6. The van der Waals surface area contributed by atoms with Gasteiger partial charge in [-0.05, 0) is 140 Å². The van der Waals surface area contributed by atoms with Gasteiger partial charge in [0.1, 0.15) is 24.1 Å². The van der Waals surface area contributed by atoms with Gasteiger partial charge in [-0.1, -0.05) is 97.9 Å². The molecule has 1 saturated carbocycles. The molecule has 570 valence electrons. The van der Waals surface area contributed by atoms with Crippen LogP contribution in [0.2, 0.25) is 0 Å². The van der Waals surface area contributed by atoms with Crippen molar-refractivity contribution in [2.45, 2.75) is 148 Å². The molecule has 6 heterocycles. The van der Waals surface area contributed by atoms with Gasteiger partial charge < -0.3 is 69.5 Å². The molecule has 5 aliphatic heterocycles. The van der Waals surface area contributed by atoms with Crippen LogP contribution in [-0.2, 0) is 59.5 Å². The molecule has 1 spiro atoms. The van der Waals surface area contributed by atoms with Crippen LogP contribution in [0.1, 0.15) is 141 Å². The number of methoxy groups -OCH3 is 3. The van der Waals surface area contributed by atoms with Gasteiger partial charge >= 0.3 is 6.09 Å². The highest BCUT2D eigenvalue weighted by Gasteiger charge is 2.58. The number of carbonyl (C=O) groups excluding carboxylic acids is 9. The lowest BCUT2D eigenvalue weighted by Crippen LogP contribution is -2.54. The zero-order valence-electron chi connectivity index (χ0n) is 62.4. The first kappa shape index (κ1) is 75.6. The maximum Gasteiger partial charge on any atom is 0.416 e. The fourth-order valence-electron chi connectivity index (χ4n) is 15.0. The summed E-state index contributed by atoms with van der Waals surface area (Å²) in [7, 11) is 4.61. The fourth-order valence-corrected chi connectivity index (χ4v) is 15.0. The molecule has 27 nitrogen and oxygen atoms in total. The molecule has 6 aromatic carbocycles. The first-order chi connectivity index (χ1) is 52.5. The molecule has 1 saturated heterocycles. The largest absolute Gasteiger partial charge is 0.497 e. The smallest absolute Gasteiger partial charge is 0.416 e. The van der Waals surface area contributed by atoms with Crippen molar-refractivity contribution >= 4 is 70.2 Å². The number of Topliss-reactive ketones (excluding diaryl/α,β-unsaturated/α-hetero) is 1. The van der Waals surface area contributed by atoms with Gasteiger partial charge in [0.2, 0.25) is 29.5 Å². The molecule has 6 aliphatic rings. The molecule has 109 heavy (non-hydrogen) atoms. The lowest BCUT2D eigenvalue weighted by Gasteiger charge is -2.31. The van der Waals surface area contributed by atoms with Crippen LogP contribution in [0.25, 0.3) is 28.1 Å². The van der Waals surface area contributed by atoms with Crippen molar-refractivity contribution in [2.75, 3.05) is 64.0 Å². The van der Waals surface area contributed by atoms with Gasteiger partial charge in [0, 0.05) is 73.3 Å². The van der Waals surface area contributed by atoms with Gasteiger partial charge in [-0.2, -0.15) is 0 Å². The molecular weight excluding hydrogens is 1390 g/mol. The van der Waals surface area contributed by atoms with Crippen LogP contribution in [0.5, 0.6) is 28.7 Å². The highest BCUT2D eigenvalue weighted by Crippen LogP contribution is 2.57. The zero-order chi connectivity index (χ0) is 76.9. The van der Waals surface area contributed by atoms with Gasteiger partial charge in [0.05, 0.1) is 88.9 Å². The minimum atomic E-state index is -1.49. The van der Waals surface area contributed by atoms with Crippen molar-refractivity contribution in [1.82, 2.24) is 46.1 Å². The number of hydrogen-bond donors (Lipinski definition) is 5. The number of hydrogen-bond acceptors (Lipinski definition) is 18. The van der Waals surface area contributed by atoms with Crippen LogP contribution in [0.3, 0.4) is 0 Å². The van der Waals surface area contributed by atoms with E-state index in [1.165, 1.54) is 33.3 Å². The molecule has 7 aromatic rings. The van der Waals surface area contributed by atoms with Gasteiger partial charge in [-0.25, -0.2) is 14.4 Å². The summed E-state index contributed by atoms with van der Waals surface area (Å²) in [6.07, 6.45) is 3.87. The van der Waals surface area contributed by atoms with Crippen molar-refractivity contribution in [3.63, 3.8) is 0 Å². The number of amides is 8. The molecule has 27 heteroatoms. The summed E-state index contributed by atoms with van der Waals surface area (Å²) in [6, 6.07) is 33.6. The lowest BCUT2D eigenvalue weighted by molar-refractivity contribution is -0.132. The van der Waals surface area contributed by atoms with Crippen molar-refractivity contribution in [2.24, 2.45) is 11.3 Å². The average molecular weight is 1490 g/mol. The van der Waals surface area contributed by atoms with Crippen LogP contribution in [0.4, 0.5) is 16.2 Å². The fraction of sp³-hybridized carbons (Fsp3) is 0.402. The Morgan fingerprint density at radius 1 is 0.670 bits per heavy atom. The third-order valence-corrected chi connectivity index (χ3v) is 21.2. The van der Waals surface area contributed by atoms with E-state index >= 15 is 0 Å². The molecule has 13 rings (SSSR count). The number of anilines is 2. The summed E-state index contributed by atoms with van der Waals surface area (Å²) in [6.45, 7) is 8.67. The zero-order valence-corrected chi connectivity index (χ0v) is 62.4. The average Bonchev–Trinajstić information content (AvgIpc) is 1.58. The molecule has 1 aliphatic carbocycles. The minimum absolute atomic E-state index is 0.00355. The van der Waals surface area contributed by atoms with E-state index in [1.54, 1.807) is 61.1 Å². The van der Waals surface area contributed by atoms with E-state index in [9.17, 15) is 48.3 Å². The highest BCUT2D eigenvalue weighted by molar-refractivity contribution is 6.07.